The van der Waals surface area contributed by atoms with Crippen LogP contribution in [0.25, 0.3) is 0 Å². The highest BCUT2D eigenvalue weighted by Crippen LogP contribution is 2.11. The van der Waals surface area contributed by atoms with E-state index in [4.69, 9.17) is 0 Å². The van der Waals surface area contributed by atoms with Crippen LogP contribution in [-0.4, -0.2) is 0 Å². The fourth-order valence-electron chi connectivity index (χ4n) is 0.0913. The van der Waals surface area contributed by atoms with Crippen molar-refractivity contribution in [1.82, 2.24) is 0 Å². The van der Waals surface area contributed by atoms with E-state index in [-0.39, 0.29) is 0 Å². The van der Waals surface area contributed by atoms with Gasteiger partial charge in [0.15, 0.2) is 0 Å². The van der Waals surface area contributed by atoms with Crippen LogP contribution in [-0.2, 0) is 0 Å². The monoisotopic (exact) mass is 132 g/mol. The molecule has 0 nitrogen and oxygen atoms in total. The highest BCUT2D eigenvalue weighted by molar-refractivity contribution is 8.05. The van der Waals surface area contributed by atoms with Crippen molar-refractivity contribution in [1.29, 1.82) is 0 Å². The van der Waals surface area contributed by atoms with Crippen molar-refractivity contribution in [2.24, 2.45) is 0 Å². The Labute approximate surface area is 55.1 Å². The van der Waals surface area contributed by atoms with Crippen molar-refractivity contribution >= 4 is 25.3 Å². The molecule has 7 heavy (non-hydrogen) atoms. The first-order chi connectivity index (χ1) is 3.18. The third-order valence-electron chi connectivity index (χ3n) is 0.659. The van der Waals surface area contributed by atoms with Gasteiger partial charge >= 0.3 is 0 Å². The second kappa shape index (κ2) is 3.22. The molecule has 0 heterocycles. The lowest BCUT2D eigenvalue weighted by Crippen LogP contribution is -1.63. The standard InChI is InChI=1S/C5H8S2/c1-3-4(2)5(6)7/h3,6-7H,1H2,2H3. The summed E-state index contributed by atoms with van der Waals surface area (Å²) in [4.78, 5) is 0. The summed E-state index contributed by atoms with van der Waals surface area (Å²) in [6, 6.07) is 0. The van der Waals surface area contributed by atoms with Crippen LogP contribution in [0, 0.1) is 0 Å². The van der Waals surface area contributed by atoms with Gasteiger partial charge in [-0.25, -0.2) is 0 Å². The van der Waals surface area contributed by atoms with E-state index in [9.17, 15) is 0 Å². The number of allylic oxidation sites excluding steroid dienone is 2. The van der Waals surface area contributed by atoms with E-state index in [1.165, 1.54) is 0 Å². The Balaban J connectivity index is 3.98. The fourth-order valence-corrected chi connectivity index (χ4v) is 0.274. The summed E-state index contributed by atoms with van der Waals surface area (Å²) in [7, 11) is 0. The first-order valence-corrected chi connectivity index (χ1v) is 2.79. The second-order valence-electron chi connectivity index (χ2n) is 1.21. The summed E-state index contributed by atoms with van der Waals surface area (Å²) in [6.45, 7) is 5.43. The Morgan fingerprint density at radius 2 is 2.00 bits per heavy atom. The lowest BCUT2D eigenvalue weighted by molar-refractivity contribution is 1.56. The molecule has 0 rings (SSSR count). The largest absolute Gasteiger partial charge is 0.137 e. The van der Waals surface area contributed by atoms with E-state index in [0.717, 1.165) is 9.81 Å². The van der Waals surface area contributed by atoms with Crippen molar-refractivity contribution in [3.63, 3.8) is 0 Å². The maximum atomic E-state index is 3.95. The number of hydrogen-bond acceptors (Lipinski definition) is 2. The van der Waals surface area contributed by atoms with Gasteiger partial charge in [0.2, 0.25) is 0 Å². The smallest absolute Gasteiger partial charge is 0.0368 e. The highest BCUT2D eigenvalue weighted by Gasteiger charge is 1.81. The van der Waals surface area contributed by atoms with Crippen LogP contribution in [0.15, 0.2) is 22.5 Å². The lowest BCUT2D eigenvalue weighted by atomic mass is 10.4. The molecule has 0 unspecified atom stereocenters. The molecule has 40 valence electrons. The Hall–Kier alpha value is 0.180. The summed E-state index contributed by atoms with van der Waals surface area (Å²) in [5.41, 5.74) is 1.01. The summed E-state index contributed by atoms with van der Waals surface area (Å²) >= 11 is 7.89. The predicted octanol–water partition coefficient (Wildman–Crippen LogP) is 2.26. The normalized spacial score (nSPS) is 7.86. The molecular formula is C5H8S2. The van der Waals surface area contributed by atoms with Crippen LogP contribution >= 0.6 is 25.3 Å². The number of hydrogen-bond donors (Lipinski definition) is 2. The molecule has 0 aromatic heterocycles. The molecule has 2 heteroatoms. The SMILES string of the molecule is C=CC(C)=C(S)S. The molecular weight excluding hydrogens is 124 g/mol. The van der Waals surface area contributed by atoms with Gasteiger partial charge in [-0.2, -0.15) is 0 Å². The summed E-state index contributed by atoms with van der Waals surface area (Å²) in [6.07, 6.45) is 1.72. The van der Waals surface area contributed by atoms with E-state index in [1.807, 2.05) is 6.92 Å². The van der Waals surface area contributed by atoms with Crippen LogP contribution < -0.4 is 0 Å². The summed E-state index contributed by atoms with van der Waals surface area (Å²) < 4.78 is 0.731. The first kappa shape index (κ1) is 7.18. The van der Waals surface area contributed by atoms with Crippen LogP contribution in [0.4, 0.5) is 0 Å². The van der Waals surface area contributed by atoms with Gasteiger partial charge in [-0.05, 0) is 12.5 Å². The van der Waals surface area contributed by atoms with Gasteiger partial charge in [0.1, 0.15) is 0 Å². The third-order valence-corrected chi connectivity index (χ3v) is 1.36. The average Bonchev–Trinajstić information content (AvgIpc) is 1.65. The minimum Gasteiger partial charge on any atom is -0.137 e. The molecule has 0 saturated carbocycles. The molecule has 0 radical (unpaired) electrons. The molecule has 0 saturated heterocycles. The number of rotatable bonds is 1. The van der Waals surface area contributed by atoms with Gasteiger partial charge in [0, 0.05) is 4.24 Å². The van der Waals surface area contributed by atoms with Crippen LogP contribution in [0.3, 0.4) is 0 Å². The van der Waals surface area contributed by atoms with Gasteiger partial charge in [0.25, 0.3) is 0 Å². The first-order valence-electron chi connectivity index (χ1n) is 1.89. The van der Waals surface area contributed by atoms with Gasteiger partial charge in [-0.1, -0.05) is 12.7 Å². The maximum Gasteiger partial charge on any atom is 0.0368 e. The molecule has 0 aromatic rings. The molecule has 0 spiro atoms. The maximum absolute atomic E-state index is 3.95. The molecule has 0 aliphatic heterocycles. The molecule has 0 N–H and O–H groups in total. The van der Waals surface area contributed by atoms with Crippen LogP contribution in [0.5, 0.6) is 0 Å². The highest BCUT2D eigenvalue weighted by atomic mass is 32.2. The van der Waals surface area contributed by atoms with Gasteiger partial charge in [0.05, 0.1) is 0 Å². The third kappa shape index (κ3) is 2.83. The van der Waals surface area contributed by atoms with E-state index < -0.39 is 0 Å². The minimum atomic E-state index is 0.731. The molecule has 0 aliphatic carbocycles. The van der Waals surface area contributed by atoms with E-state index >= 15 is 0 Å². The Kier molecular flexibility index (Phi) is 3.30. The number of thiol groups is 2. The van der Waals surface area contributed by atoms with Crippen LogP contribution in [0.2, 0.25) is 0 Å². The van der Waals surface area contributed by atoms with E-state index in [2.05, 4.69) is 31.8 Å². The summed E-state index contributed by atoms with van der Waals surface area (Å²) in [5, 5.41) is 0. The zero-order chi connectivity index (χ0) is 5.86. The van der Waals surface area contributed by atoms with Gasteiger partial charge in [-0.3, -0.25) is 0 Å². The van der Waals surface area contributed by atoms with Crippen molar-refractivity contribution in [3.8, 4) is 0 Å². The molecule has 0 amide bonds. The Bertz CT molecular complexity index is 98.6. The molecule has 0 fully saturated rings. The predicted molar refractivity (Wildman–Crippen MR) is 40.9 cm³/mol. The zero-order valence-corrected chi connectivity index (χ0v) is 5.97. The van der Waals surface area contributed by atoms with Gasteiger partial charge in [-0.15, -0.1) is 25.3 Å². The molecule has 0 atom stereocenters. The van der Waals surface area contributed by atoms with E-state index in [1.54, 1.807) is 6.08 Å². The zero-order valence-electron chi connectivity index (χ0n) is 4.18. The van der Waals surface area contributed by atoms with Crippen molar-refractivity contribution in [2.75, 3.05) is 0 Å². The molecule has 0 aliphatic rings. The van der Waals surface area contributed by atoms with Crippen LogP contribution in [0.1, 0.15) is 6.92 Å². The van der Waals surface area contributed by atoms with Crippen molar-refractivity contribution in [2.45, 2.75) is 6.92 Å². The molecule has 0 bridgehead atoms. The minimum absolute atomic E-state index is 0.731. The topological polar surface area (TPSA) is 0 Å². The lowest BCUT2D eigenvalue weighted by Gasteiger charge is -1.88. The Morgan fingerprint density at radius 3 is 2.00 bits per heavy atom. The quantitative estimate of drug-likeness (QED) is 0.397. The second-order valence-corrected chi connectivity index (χ2v) is 2.46. The van der Waals surface area contributed by atoms with Gasteiger partial charge < -0.3 is 0 Å². The van der Waals surface area contributed by atoms with Crippen molar-refractivity contribution < 1.29 is 0 Å². The van der Waals surface area contributed by atoms with E-state index in [0.29, 0.717) is 0 Å². The Morgan fingerprint density at radius 1 is 1.57 bits per heavy atom. The van der Waals surface area contributed by atoms with Crippen molar-refractivity contribution in [3.05, 3.63) is 22.5 Å². The fraction of sp³-hybridized carbons (Fsp3) is 0.200. The average molecular weight is 132 g/mol. The summed E-state index contributed by atoms with van der Waals surface area (Å²) in [5.74, 6) is 0. The molecule has 0 aromatic carbocycles.